The Labute approximate surface area is 123 Å². The Morgan fingerprint density at radius 2 is 2.19 bits per heavy atom. The molecule has 3 rings (SSSR count). The third kappa shape index (κ3) is 2.81. The maximum Gasteiger partial charge on any atom is 0.0951 e. The summed E-state index contributed by atoms with van der Waals surface area (Å²) in [6.07, 6.45) is 5.76. The van der Waals surface area contributed by atoms with E-state index in [9.17, 15) is 0 Å². The van der Waals surface area contributed by atoms with Gasteiger partial charge in [0.15, 0.2) is 0 Å². The monoisotopic (exact) mass is 281 g/mol. The van der Waals surface area contributed by atoms with Crippen molar-refractivity contribution in [3.05, 3.63) is 47.9 Å². The lowest BCUT2D eigenvalue weighted by Crippen LogP contribution is -2.04. The Morgan fingerprint density at radius 1 is 1.29 bits per heavy atom. The first kappa shape index (κ1) is 13.4. The van der Waals surface area contributed by atoms with Gasteiger partial charge in [-0.15, -0.1) is 0 Å². The Bertz CT molecular complexity index is 747. The molecule has 3 aromatic rings. The van der Waals surface area contributed by atoms with Gasteiger partial charge >= 0.3 is 0 Å². The summed E-state index contributed by atoms with van der Waals surface area (Å²) in [6.45, 7) is 2.95. The van der Waals surface area contributed by atoms with Gasteiger partial charge in [0.2, 0.25) is 0 Å². The number of nitrogen functional groups attached to an aromatic ring is 1. The minimum absolute atomic E-state index is 0.713. The van der Waals surface area contributed by atoms with E-state index in [0.29, 0.717) is 5.69 Å². The molecule has 0 unspecified atom stereocenters. The van der Waals surface area contributed by atoms with Gasteiger partial charge < -0.3 is 11.1 Å². The van der Waals surface area contributed by atoms with Gasteiger partial charge in [-0.1, -0.05) is 12.1 Å². The lowest BCUT2D eigenvalue weighted by Gasteiger charge is -2.10. The normalized spacial score (nSPS) is 10.9. The summed E-state index contributed by atoms with van der Waals surface area (Å²) < 4.78 is 0. The number of aromatic nitrogens is 3. The highest BCUT2D eigenvalue weighted by molar-refractivity contribution is 5.97. The number of anilines is 2. The molecule has 0 aliphatic carbocycles. The largest absolute Gasteiger partial charge is 0.397 e. The zero-order valence-corrected chi connectivity index (χ0v) is 12.1. The number of nitrogens with zero attached hydrogens (tertiary/aromatic N) is 2. The summed E-state index contributed by atoms with van der Waals surface area (Å²) in [5.41, 5.74) is 11.0. The van der Waals surface area contributed by atoms with Crippen LogP contribution in [-0.2, 0) is 6.42 Å². The standard InChI is InChI=1S/C16H19N5/c1-11-12(10-20-21-11)4-3-8-18-15-7-9-19-16-13(15)5-2-6-14(16)17/h2,5-7,9-10H,3-4,8,17H2,1H3,(H,18,19)(H,20,21). The average Bonchev–Trinajstić information content (AvgIpc) is 2.90. The van der Waals surface area contributed by atoms with E-state index in [0.717, 1.165) is 41.7 Å². The van der Waals surface area contributed by atoms with E-state index in [1.54, 1.807) is 6.20 Å². The van der Waals surface area contributed by atoms with Gasteiger partial charge in [0.25, 0.3) is 0 Å². The van der Waals surface area contributed by atoms with Crippen LogP contribution < -0.4 is 11.1 Å². The Balaban J connectivity index is 1.66. The second-order valence-corrected chi connectivity index (χ2v) is 5.15. The van der Waals surface area contributed by atoms with E-state index in [-0.39, 0.29) is 0 Å². The van der Waals surface area contributed by atoms with Crippen LogP contribution >= 0.6 is 0 Å². The Kier molecular flexibility index (Phi) is 3.73. The lowest BCUT2D eigenvalue weighted by molar-refractivity contribution is 0.858. The molecular weight excluding hydrogens is 262 g/mol. The Morgan fingerprint density at radius 3 is 3.00 bits per heavy atom. The number of rotatable bonds is 5. The van der Waals surface area contributed by atoms with Crippen LogP contribution in [0.1, 0.15) is 17.7 Å². The smallest absolute Gasteiger partial charge is 0.0951 e. The van der Waals surface area contributed by atoms with Gasteiger partial charge in [-0.25, -0.2) is 0 Å². The lowest BCUT2D eigenvalue weighted by atomic mass is 10.1. The van der Waals surface area contributed by atoms with Crippen molar-refractivity contribution >= 4 is 22.3 Å². The molecule has 1 aromatic carbocycles. The van der Waals surface area contributed by atoms with Crippen LogP contribution in [0.2, 0.25) is 0 Å². The van der Waals surface area contributed by atoms with Gasteiger partial charge in [0.05, 0.1) is 17.4 Å². The molecule has 108 valence electrons. The number of aromatic amines is 1. The van der Waals surface area contributed by atoms with Crippen LogP contribution in [0, 0.1) is 6.92 Å². The zero-order chi connectivity index (χ0) is 14.7. The van der Waals surface area contributed by atoms with Crippen molar-refractivity contribution in [2.24, 2.45) is 0 Å². The van der Waals surface area contributed by atoms with Gasteiger partial charge in [0, 0.05) is 29.5 Å². The van der Waals surface area contributed by atoms with Crippen molar-refractivity contribution in [3.63, 3.8) is 0 Å². The number of benzene rings is 1. The van der Waals surface area contributed by atoms with Crippen molar-refractivity contribution in [3.8, 4) is 0 Å². The average molecular weight is 281 g/mol. The second kappa shape index (κ2) is 5.83. The molecule has 0 radical (unpaired) electrons. The fourth-order valence-electron chi connectivity index (χ4n) is 2.48. The van der Waals surface area contributed by atoms with E-state index >= 15 is 0 Å². The molecule has 2 aromatic heterocycles. The summed E-state index contributed by atoms with van der Waals surface area (Å²) in [7, 11) is 0. The molecule has 21 heavy (non-hydrogen) atoms. The van der Waals surface area contributed by atoms with Crippen molar-refractivity contribution in [2.75, 3.05) is 17.6 Å². The fraction of sp³-hybridized carbons (Fsp3) is 0.250. The van der Waals surface area contributed by atoms with E-state index in [2.05, 4.69) is 27.4 Å². The maximum atomic E-state index is 5.96. The number of H-pyrrole nitrogens is 1. The number of hydrogen-bond donors (Lipinski definition) is 3. The Hall–Kier alpha value is -2.56. The molecule has 0 fully saturated rings. The minimum atomic E-state index is 0.713. The highest BCUT2D eigenvalue weighted by Crippen LogP contribution is 2.25. The van der Waals surface area contributed by atoms with Crippen molar-refractivity contribution in [2.45, 2.75) is 19.8 Å². The molecule has 0 bridgehead atoms. The number of aryl methyl sites for hydroxylation is 2. The van der Waals surface area contributed by atoms with Crippen LogP contribution in [0.5, 0.6) is 0 Å². The number of nitrogens with two attached hydrogens (primary N) is 1. The van der Waals surface area contributed by atoms with E-state index < -0.39 is 0 Å². The summed E-state index contributed by atoms with van der Waals surface area (Å²) >= 11 is 0. The maximum absolute atomic E-state index is 5.96. The van der Waals surface area contributed by atoms with Crippen molar-refractivity contribution in [1.29, 1.82) is 0 Å². The molecular formula is C16H19N5. The first-order valence-corrected chi connectivity index (χ1v) is 7.11. The molecule has 0 saturated carbocycles. The van der Waals surface area contributed by atoms with Crippen molar-refractivity contribution < 1.29 is 0 Å². The van der Waals surface area contributed by atoms with Gasteiger partial charge in [0.1, 0.15) is 0 Å². The number of nitrogens with one attached hydrogen (secondary N) is 2. The van der Waals surface area contributed by atoms with E-state index in [1.807, 2.05) is 30.5 Å². The number of para-hydroxylation sites is 1. The third-order valence-electron chi connectivity index (χ3n) is 3.67. The number of pyridine rings is 1. The summed E-state index contributed by atoms with van der Waals surface area (Å²) in [4.78, 5) is 4.34. The first-order valence-electron chi connectivity index (χ1n) is 7.11. The van der Waals surface area contributed by atoms with Crippen LogP contribution in [0.25, 0.3) is 10.9 Å². The van der Waals surface area contributed by atoms with E-state index in [1.165, 1.54) is 5.56 Å². The molecule has 4 N–H and O–H groups in total. The first-order chi connectivity index (χ1) is 10.3. The summed E-state index contributed by atoms with van der Waals surface area (Å²) in [6, 6.07) is 7.87. The minimum Gasteiger partial charge on any atom is -0.397 e. The van der Waals surface area contributed by atoms with E-state index in [4.69, 9.17) is 5.73 Å². The van der Waals surface area contributed by atoms with Gasteiger partial charge in [-0.05, 0) is 37.5 Å². The quantitative estimate of drug-likeness (QED) is 0.496. The predicted octanol–water partition coefficient (Wildman–Crippen LogP) is 2.89. The fourth-order valence-corrected chi connectivity index (χ4v) is 2.48. The molecule has 5 nitrogen and oxygen atoms in total. The molecule has 0 saturated heterocycles. The summed E-state index contributed by atoms with van der Waals surface area (Å²) in [5.74, 6) is 0. The number of hydrogen-bond acceptors (Lipinski definition) is 4. The zero-order valence-electron chi connectivity index (χ0n) is 12.1. The molecule has 2 heterocycles. The predicted molar refractivity (Wildman–Crippen MR) is 86.3 cm³/mol. The molecule has 0 atom stereocenters. The third-order valence-corrected chi connectivity index (χ3v) is 3.67. The van der Waals surface area contributed by atoms with Crippen LogP contribution in [0.15, 0.2) is 36.7 Å². The van der Waals surface area contributed by atoms with Gasteiger partial charge in [-0.3, -0.25) is 10.1 Å². The molecule has 0 spiro atoms. The van der Waals surface area contributed by atoms with Crippen LogP contribution in [-0.4, -0.2) is 21.7 Å². The topological polar surface area (TPSA) is 79.6 Å². The van der Waals surface area contributed by atoms with Crippen molar-refractivity contribution in [1.82, 2.24) is 15.2 Å². The number of fused-ring (bicyclic) bond motifs is 1. The highest BCUT2D eigenvalue weighted by atomic mass is 15.1. The van der Waals surface area contributed by atoms with Crippen LogP contribution in [0.3, 0.4) is 0 Å². The highest BCUT2D eigenvalue weighted by Gasteiger charge is 2.04. The summed E-state index contributed by atoms with van der Waals surface area (Å²) in [5, 5.41) is 11.5. The molecule has 0 amide bonds. The molecule has 5 heteroatoms. The van der Waals surface area contributed by atoms with Crippen LogP contribution in [0.4, 0.5) is 11.4 Å². The second-order valence-electron chi connectivity index (χ2n) is 5.15. The molecule has 0 aliphatic rings. The molecule has 0 aliphatic heterocycles. The van der Waals surface area contributed by atoms with Gasteiger partial charge in [-0.2, -0.15) is 5.10 Å². The SMILES string of the molecule is Cc1[nH]ncc1CCCNc1ccnc2c(N)cccc12.